The van der Waals surface area contributed by atoms with Crippen LogP contribution in [0.25, 0.3) is 0 Å². The van der Waals surface area contributed by atoms with Gasteiger partial charge in [-0.2, -0.15) is 10.5 Å². The van der Waals surface area contributed by atoms with Gasteiger partial charge in [-0.05, 0) is 38.7 Å². The van der Waals surface area contributed by atoms with Crippen LogP contribution in [0.2, 0.25) is 0 Å². The third-order valence-corrected chi connectivity index (χ3v) is 3.02. The van der Waals surface area contributed by atoms with E-state index >= 15 is 0 Å². The first-order valence-corrected chi connectivity index (χ1v) is 5.31. The van der Waals surface area contributed by atoms with Gasteiger partial charge in [0.25, 0.3) is 0 Å². The lowest BCUT2D eigenvalue weighted by Gasteiger charge is -2.23. The van der Waals surface area contributed by atoms with Crippen molar-refractivity contribution in [1.82, 2.24) is 0 Å². The summed E-state index contributed by atoms with van der Waals surface area (Å²) in [5.41, 5.74) is -0.0828. The predicted molar refractivity (Wildman–Crippen MR) is 56.8 cm³/mol. The lowest BCUT2D eigenvalue weighted by atomic mass is 9.82. The van der Waals surface area contributed by atoms with Crippen LogP contribution in [0.3, 0.4) is 0 Å². The summed E-state index contributed by atoms with van der Waals surface area (Å²) in [7, 11) is 0. The van der Waals surface area contributed by atoms with Crippen LogP contribution in [0, 0.1) is 28.1 Å². The summed E-state index contributed by atoms with van der Waals surface area (Å²) in [4.78, 5) is 11.8. The number of carbonyl (C=O) groups excluding carboxylic acids is 1. The van der Waals surface area contributed by atoms with Gasteiger partial charge in [-0.15, -0.1) is 0 Å². The minimum Gasteiger partial charge on any atom is -0.465 e. The molecule has 84 valence electrons. The third-order valence-electron chi connectivity index (χ3n) is 3.02. The van der Waals surface area contributed by atoms with Crippen LogP contribution in [0.4, 0.5) is 0 Å². The van der Waals surface area contributed by atoms with E-state index in [0.29, 0.717) is 25.0 Å². The number of esters is 1. The fourth-order valence-electron chi connectivity index (χ4n) is 2.12. The summed E-state index contributed by atoms with van der Waals surface area (Å²) in [6, 6.07) is 3.71. The quantitative estimate of drug-likeness (QED) is 0.525. The molecule has 1 fully saturated rings. The predicted octanol–water partition coefficient (Wildman–Crippen LogP) is 2.08. The summed E-state index contributed by atoms with van der Waals surface area (Å²) in [6.07, 6.45) is 2.09. The lowest BCUT2D eigenvalue weighted by Crippen LogP contribution is -2.29. The van der Waals surface area contributed by atoms with Crippen LogP contribution < -0.4 is 0 Å². The van der Waals surface area contributed by atoms with Gasteiger partial charge in [0, 0.05) is 0 Å². The van der Waals surface area contributed by atoms with Crippen molar-refractivity contribution >= 4 is 5.97 Å². The SMILES string of the molecule is CCOC(=O)C1(C)CCCC1=C(C#N)C#N. The zero-order chi connectivity index (χ0) is 12.2. The van der Waals surface area contributed by atoms with E-state index in [1.807, 2.05) is 12.1 Å². The highest BCUT2D eigenvalue weighted by molar-refractivity contribution is 5.81. The fourth-order valence-corrected chi connectivity index (χ4v) is 2.12. The van der Waals surface area contributed by atoms with Crippen LogP contribution in [0.1, 0.15) is 33.1 Å². The Hall–Kier alpha value is -1.81. The average molecular weight is 218 g/mol. The van der Waals surface area contributed by atoms with E-state index in [1.165, 1.54) is 0 Å². The van der Waals surface area contributed by atoms with Gasteiger partial charge in [0.2, 0.25) is 0 Å². The smallest absolute Gasteiger partial charge is 0.315 e. The molecule has 1 saturated carbocycles. The van der Waals surface area contributed by atoms with Crippen molar-refractivity contribution in [2.75, 3.05) is 6.61 Å². The highest BCUT2D eigenvalue weighted by Gasteiger charge is 2.43. The highest BCUT2D eigenvalue weighted by Crippen LogP contribution is 2.45. The van der Waals surface area contributed by atoms with Crippen molar-refractivity contribution in [2.45, 2.75) is 33.1 Å². The Bertz CT molecular complexity index is 396. The van der Waals surface area contributed by atoms with E-state index in [1.54, 1.807) is 13.8 Å². The van der Waals surface area contributed by atoms with Gasteiger partial charge in [-0.25, -0.2) is 0 Å². The topological polar surface area (TPSA) is 73.9 Å². The van der Waals surface area contributed by atoms with Gasteiger partial charge in [0.05, 0.1) is 12.0 Å². The molecule has 16 heavy (non-hydrogen) atoms. The summed E-state index contributed by atoms with van der Waals surface area (Å²) in [5.74, 6) is -0.328. The van der Waals surface area contributed by atoms with E-state index in [0.717, 1.165) is 6.42 Å². The molecular weight excluding hydrogens is 204 g/mol. The molecule has 0 spiro atoms. The molecule has 1 atom stereocenters. The number of nitriles is 2. The molecule has 0 amide bonds. The molecule has 0 bridgehead atoms. The van der Waals surface area contributed by atoms with E-state index in [-0.39, 0.29) is 11.5 Å². The second kappa shape index (κ2) is 4.81. The Morgan fingerprint density at radius 1 is 1.50 bits per heavy atom. The van der Waals surface area contributed by atoms with Crippen molar-refractivity contribution in [3.8, 4) is 12.1 Å². The molecular formula is C12H14N2O2. The average Bonchev–Trinajstić information content (AvgIpc) is 2.65. The molecule has 0 saturated heterocycles. The van der Waals surface area contributed by atoms with Crippen molar-refractivity contribution < 1.29 is 9.53 Å². The number of ether oxygens (including phenoxy) is 1. The molecule has 1 rings (SSSR count). The van der Waals surface area contributed by atoms with Gasteiger partial charge in [-0.1, -0.05) is 0 Å². The van der Waals surface area contributed by atoms with Crippen molar-refractivity contribution in [3.63, 3.8) is 0 Å². The first kappa shape index (κ1) is 12.3. The van der Waals surface area contributed by atoms with Gasteiger partial charge < -0.3 is 4.74 Å². The number of rotatable bonds is 2. The zero-order valence-corrected chi connectivity index (χ0v) is 9.54. The van der Waals surface area contributed by atoms with E-state index in [4.69, 9.17) is 15.3 Å². The van der Waals surface area contributed by atoms with Crippen LogP contribution in [0.15, 0.2) is 11.1 Å². The van der Waals surface area contributed by atoms with Gasteiger partial charge in [0.1, 0.15) is 17.7 Å². The Kier molecular flexibility index (Phi) is 3.68. The van der Waals surface area contributed by atoms with Crippen molar-refractivity contribution in [2.24, 2.45) is 5.41 Å². The Morgan fingerprint density at radius 2 is 2.12 bits per heavy atom. The molecule has 0 radical (unpaired) electrons. The van der Waals surface area contributed by atoms with Crippen LogP contribution >= 0.6 is 0 Å². The molecule has 0 aromatic heterocycles. The Balaban J connectivity index is 3.14. The van der Waals surface area contributed by atoms with Crippen molar-refractivity contribution in [3.05, 3.63) is 11.1 Å². The number of hydrogen-bond donors (Lipinski definition) is 0. The lowest BCUT2D eigenvalue weighted by molar-refractivity contribution is -0.151. The maximum atomic E-state index is 11.8. The molecule has 1 aliphatic rings. The Morgan fingerprint density at radius 3 is 2.62 bits per heavy atom. The molecule has 4 nitrogen and oxygen atoms in total. The first-order chi connectivity index (χ1) is 7.60. The first-order valence-electron chi connectivity index (χ1n) is 5.31. The summed E-state index contributed by atoms with van der Waals surface area (Å²) < 4.78 is 5.01. The maximum absolute atomic E-state index is 11.8. The minimum absolute atomic E-state index is 0.0630. The van der Waals surface area contributed by atoms with Gasteiger partial charge in [-0.3, -0.25) is 4.79 Å². The molecule has 1 unspecified atom stereocenters. The highest BCUT2D eigenvalue weighted by atomic mass is 16.5. The van der Waals surface area contributed by atoms with E-state index < -0.39 is 5.41 Å². The standard InChI is InChI=1S/C12H14N2O2/c1-3-16-11(15)12(2)6-4-5-10(12)9(7-13)8-14/h3-6H2,1-2H3. The van der Waals surface area contributed by atoms with E-state index in [2.05, 4.69) is 0 Å². The van der Waals surface area contributed by atoms with Gasteiger partial charge in [0.15, 0.2) is 0 Å². The second-order valence-electron chi connectivity index (χ2n) is 3.98. The van der Waals surface area contributed by atoms with E-state index in [9.17, 15) is 4.79 Å². The minimum atomic E-state index is -0.781. The molecule has 0 aromatic carbocycles. The van der Waals surface area contributed by atoms with Crippen LogP contribution in [0.5, 0.6) is 0 Å². The van der Waals surface area contributed by atoms with Crippen LogP contribution in [-0.4, -0.2) is 12.6 Å². The van der Waals surface area contributed by atoms with Crippen LogP contribution in [-0.2, 0) is 9.53 Å². The Labute approximate surface area is 95.1 Å². The molecule has 0 aliphatic heterocycles. The summed E-state index contributed by atoms with van der Waals surface area (Å²) >= 11 is 0. The largest absolute Gasteiger partial charge is 0.465 e. The normalized spacial score (nSPS) is 23.4. The zero-order valence-electron chi connectivity index (χ0n) is 9.54. The monoisotopic (exact) mass is 218 g/mol. The number of carbonyl (C=O) groups is 1. The van der Waals surface area contributed by atoms with Gasteiger partial charge >= 0.3 is 5.97 Å². The molecule has 0 aromatic rings. The molecule has 1 aliphatic carbocycles. The van der Waals surface area contributed by atoms with Crippen molar-refractivity contribution in [1.29, 1.82) is 10.5 Å². The fraction of sp³-hybridized carbons (Fsp3) is 0.583. The third kappa shape index (κ3) is 1.92. The second-order valence-corrected chi connectivity index (χ2v) is 3.98. The number of hydrogen-bond acceptors (Lipinski definition) is 4. The summed E-state index contributed by atoms with van der Waals surface area (Å²) in [6.45, 7) is 3.81. The maximum Gasteiger partial charge on any atom is 0.315 e. The molecule has 0 heterocycles. The number of nitrogens with zero attached hydrogens (tertiary/aromatic N) is 2. The number of allylic oxidation sites excluding steroid dienone is 1. The summed E-state index contributed by atoms with van der Waals surface area (Å²) in [5, 5.41) is 17.7. The molecule has 4 heteroatoms. The molecule has 0 N–H and O–H groups in total.